The van der Waals surface area contributed by atoms with E-state index in [9.17, 15) is 4.79 Å². The number of hydrogen-bond acceptors (Lipinski definition) is 4. The van der Waals surface area contributed by atoms with Crippen molar-refractivity contribution in [3.63, 3.8) is 0 Å². The van der Waals surface area contributed by atoms with Crippen LogP contribution in [0.5, 0.6) is 0 Å². The Labute approximate surface area is 113 Å². The Morgan fingerprint density at radius 3 is 2.58 bits per heavy atom. The third-order valence-electron chi connectivity index (χ3n) is 2.95. The van der Waals surface area contributed by atoms with E-state index in [2.05, 4.69) is 15.3 Å². The molecule has 1 fully saturated rings. The fourth-order valence-electron chi connectivity index (χ4n) is 2.07. The maximum Gasteiger partial charge on any atom is 0.317 e. The summed E-state index contributed by atoms with van der Waals surface area (Å²) in [4.78, 5) is 22.3. The molecule has 0 aromatic carbocycles. The van der Waals surface area contributed by atoms with Gasteiger partial charge in [0.15, 0.2) is 0 Å². The van der Waals surface area contributed by atoms with E-state index in [0.717, 1.165) is 17.2 Å². The Bertz CT molecular complexity index is 424. The summed E-state index contributed by atoms with van der Waals surface area (Å²) in [6.07, 6.45) is 0.651. The fraction of sp³-hybridized carbons (Fsp3) is 0.615. The topological polar surface area (TPSA) is 67.4 Å². The minimum atomic E-state index is -0.0346. The molecule has 104 valence electrons. The molecule has 1 aliphatic heterocycles. The molecule has 1 saturated heterocycles. The van der Waals surface area contributed by atoms with Gasteiger partial charge in [0.25, 0.3) is 0 Å². The van der Waals surface area contributed by atoms with Gasteiger partial charge in [-0.1, -0.05) is 0 Å². The van der Waals surface area contributed by atoms with Gasteiger partial charge < -0.3 is 15.0 Å². The number of urea groups is 1. The molecule has 2 rings (SSSR count). The Kier molecular flexibility index (Phi) is 4.68. The van der Waals surface area contributed by atoms with Crippen LogP contribution in [0.2, 0.25) is 0 Å². The highest BCUT2D eigenvalue weighted by Gasteiger charge is 2.15. The Balaban J connectivity index is 1.77. The molecule has 1 aromatic heterocycles. The van der Waals surface area contributed by atoms with Gasteiger partial charge in [0.05, 0.1) is 13.2 Å². The predicted molar refractivity (Wildman–Crippen MR) is 71.0 cm³/mol. The quantitative estimate of drug-likeness (QED) is 0.871. The molecule has 6 heteroatoms. The van der Waals surface area contributed by atoms with E-state index in [1.54, 1.807) is 4.90 Å². The van der Waals surface area contributed by atoms with Crippen molar-refractivity contribution in [2.24, 2.45) is 0 Å². The van der Waals surface area contributed by atoms with Gasteiger partial charge in [0.1, 0.15) is 5.82 Å². The summed E-state index contributed by atoms with van der Waals surface area (Å²) in [5.74, 6) is 0.778. The molecule has 0 aliphatic carbocycles. The minimum Gasteiger partial charge on any atom is -0.378 e. The molecular formula is C13H20N4O2. The summed E-state index contributed by atoms with van der Waals surface area (Å²) < 4.78 is 5.21. The second-order valence-electron chi connectivity index (χ2n) is 4.65. The first-order chi connectivity index (χ1) is 9.15. The second kappa shape index (κ2) is 6.47. The van der Waals surface area contributed by atoms with E-state index < -0.39 is 0 Å². The lowest BCUT2D eigenvalue weighted by Gasteiger charge is -2.26. The largest absolute Gasteiger partial charge is 0.378 e. The van der Waals surface area contributed by atoms with Crippen LogP contribution in [0.25, 0.3) is 0 Å². The van der Waals surface area contributed by atoms with Crippen LogP contribution in [0.15, 0.2) is 6.07 Å². The zero-order valence-electron chi connectivity index (χ0n) is 11.5. The number of carbonyl (C=O) groups excluding carboxylic acids is 1. The first-order valence-electron chi connectivity index (χ1n) is 6.57. The first kappa shape index (κ1) is 13.7. The van der Waals surface area contributed by atoms with Gasteiger partial charge in [-0.3, -0.25) is 0 Å². The van der Waals surface area contributed by atoms with Crippen molar-refractivity contribution < 1.29 is 9.53 Å². The number of aryl methyl sites for hydroxylation is 2. The van der Waals surface area contributed by atoms with Crippen molar-refractivity contribution in [1.29, 1.82) is 0 Å². The van der Waals surface area contributed by atoms with Crippen LogP contribution in [0, 0.1) is 13.8 Å². The highest BCUT2D eigenvalue weighted by molar-refractivity contribution is 5.74. The SMILES string of the molecule is Cc1cc(C)nc(CCNC(=O)N2CCOCC2)n1. The van der Waals surface area contributed by atoms with E-state index in [4.69, 9.17) is 4.74 Å². The highest BCUT2D eigenvalue weighted by atomic mass is 16.5. The van der Waals surface area contributed by atoms with E-state index >= 15 is 0 Å². The summed E-state index contributed by atoms with van der Waals surface area (Å²) >= 11 is 0. The number of nitrogens with zero attached hydrogens (tertiary/aromatic N) is 3. The van der Waals surface area contributed by atoms with Crippen molar-refractivity contribution in [2.45, 2.75) is 20.3 Å². The van der Waals surface area contributed by atoms with Crippen molar-refractivity contribution in [3.8, 4) is 0 Å². The molecular weight excluding hydrogens is 244 g/mol. The van der Waals surface area contributed by atoms with Gasteiger partial charge in [0.2, 0.25) is 0 Å². The Morgan fingerprint density at radius 1 is 1.32 bits per heavy atom. The van der Waals surface area contributed by atoms with Crippen LogP contribution in [0.4, 0.5) is 4.79 Å². The highest BCUT2D eigenvalue weighted by Crippen LogP contribution is 2.00. The summed E-state index contributed by atoms with van der Waals surface area (Å²) in [6, 6.07) is 1.91. The molecule has 1 aliphatic rings. The van der Waals surface area contributed by atoms with E-state index in [0.29, 0.717) is 39.3 Å². The molecule has 0 bridgehead atoms. The van der Waals surface area contributed by atoms with Crippen LogP contribution < -0.4 is 5.32 Å². The van der Waals surface area contributed by atoms with Gasteiger partial charge in [0, 0.05) is 37.4 Å². The molecule has 1 aromatic rings. The van der Waals surface area contributed by atoms with E-state index in [-0.39, 0.29) is 6.03 Å². The summed E-state index contributed by atoms with van der Waals surface area (Å²) in [5, 5.41) is 2.89. The number of carbonyl (C=O) groups is 1. The lowest BCUT2D eigenvalue weighted by Crippen LogP contribution is -2.46. The van der Waals surface area contributed by atoms with Crippen LogP contribution in [-0.2, 0) is 11.2 Å². The zero-order valence-corrected chi connectivity index (χ0v) is 11.5. The molecule has 19 heavy (non-hydrogen) atoms. The average molecular weight is 264 g/mol. The smallest absolute Gasteiger partial charge is 0.317 e. The van der Waals surface area contributed by atoms with Crippen LogP contribution in [0.1, 0.15) is 17.2 Å². The monoisotopic (exact) mass is 264 g/mol. The standard InChI is InChI=1S/C13H20N4O2/c1-10-9-11(2)16-12(15-10)3-4-14-13(18)17-5-7-19-8-6-17/h9H,3-8H2,1-2H3,(H,14,18). The van der Waals surface area contributed by atoms with Gasteiger partial charge >= 0.3 is 6.03 Å². The van der Waals surface area contributed by atoms with Crippen LogP contribution in [0.3, 0.4) is 0 Å². The number of ether oxygens (including phenoxy) is 1. The Morgan fingerprint density at radius 2 is 1.95 bits per heavy atom. The van der Waals surface area contributed by atoms with E-state index in [1.165, 1.54) is 0 Å². The van der Waals surface area contributed by atoms with Gasteiger partial charge in [-0.2, -0.15) is 0 Å². The molecule has 0 saturated carbocycles. The van der Waals surface area contributed by atoms with Crippen molar-refractivity contribution in [1.82, 2.24) is 20.2 Å². The number of nitrogens with one attached hydrogen (secondary N) is 1. The molecule has 0 radical (unpaired) electrons. The first-order valence-corrected chi connectivity index (χ1v) is 6.57. The lowest BCUT2D eigenvalue weighted by molar-refractivity contribution is 0.0533. The van der Waals surface area contributed by atoms with Gasteiger partial charge in [-0.25, -0.2) is 14.8 Å². The lowest BCUT2D eigenvalue weighted by atomic mass is 10.3. The summed E-state index contributed by atoms with van der Waals surface area (Å²) in [5.41, 5.74) is 1.92. The molecule has 0 unspecified atom stereocenters. The zero-order chi connectivity index (χ0) is 13.7. The third-order valence-corrected chi connectivity index (χ3v) is 2.95. The molecule has 6 nitrogen and oxygen atoms in total. The molecule has 0 atom stereocenters. The third kappa shape index (κ3) is 4.17. The maximum absolute atomic E-state index is 11.8. The van der Waals surface area contributed by atoms with Crippen LogP contribution >= 0.6 is 0 Å². The predicted octanol–water partition coefficient (Wildman–Crippen LogP) is 0.678. The van der Waals surface area contributed by atoms with Crippen LogP contribution in [-0.4, -0.2) is 53.7 Å². The molecule has 2 heterocycles. The number of amides is 2. The average Bonchev–Trinajstić information content (AvgIpc) is 2.38. The summed E-state index contributed by atoms with van der Waals surface area (Å²) in [7, 11) is 0. The van der Waals surface area contributed by atoms with Gasteiger partial charge in [-0.05, 0) is 19.9 Å². The molecule has 2 amide bonds. The fourth-order valence-corrected chi connectivity index (χ4v) is 2.07. The van der Waals surface area contributed by atoms with E-state index in [1.807, 2.05) is 19.9 Å². The number of morpholine rings is 1. The minimum absolute atomic E-state index is 0.0346. The van der Waals surface area contributed by atoms with Crippen molar-refractivity contribution in [3.05, 3.63) is 23.3 Å². The Hall–Kier alpha value is -1.69. The molecule has 1 N–H and O–H groups in total. The number of hydrogen-bond donors (Lipinski definition) is 1. The summed E-state index contributed by atoms with van der Waals surface area (Å²) in [6.45, 7) is 7.01. The number of rotatable bonds is 3. The van der Waals surface area contributed by atoms with Crippen molar-refractivity contribution in [2.75, 3.05) is 32.8 Å². The second-order valence-corrected chi connectivity index (χ2v) is 4.65. The molecule has 0 spiro atoms. The normalized spacial score (nSPS) is 15.4. The van der Waals surface area contributed by atoms with Gasteiger partial charge in [-0.15, -0.1) is 0 Å². The maximum atomic E-state index is 11.8. The number of aromatic nitrogens is 2. The van der Waals surface area contributed by atoms with Crippen molar-refractivity contribution >= 4 is 6.03 Å².